The minimum Gasteiger partial charge on any atom is -0.459 e. The quantitative estimate of drug-likeness (QED) is 0.282. The number of halogens is 1. The summed E-state index contributed by atoms with van der Waals surface area (Å²) in [4.78, 5) is 33.3. The third kappa shape index (κ3) is 8.58. The van der Waals surface area contributed by atoms with Crippen LogP contribution in [0, 0.1) is 0 Å². The van der Waals surface area contributed by atoms with Crippen LogP contribution >= 0.6 is 22.9 Å². The molecular formula is C29H36ClN5O7S3. The van der Waals surface area contributed by atoms with Gasteiger partial charge in [-0.25, -0.2) is 26.5 Å². The van der Waals surface area contributed by atoms with Gasteiger partial charge in [0.05, 0.1) is 22.1 Å². The molecule has 1 amide bonds. The molecule has 2 aromatic carbocycles. The second-order valence-corrected chi connectivity index (χ2v) is 17.7. The number of hydrogen-bond acceptors (Lipinski definition) is 11. The highest BCUT2D eigenvalue weighted by Gasteiger charge is 2.33. The van der Waals surface area contributed by atoms with Crippen molar-refractivity contribution in [3.05, 3.63) is 57.0 Å². The molecule has 3 heterocycles. The summed E-state index contributed by atoms with van der Waals surface area (Å²) >= 11 is 7.49. The minimum absolute atomic E-state index is 0.0304. The first-order valence-corrected chi connectivity index (χ1v) is 18.9. The second-order valence-electron chi connectivity index (χ2n) is 12.1. The lowest BCUT2D eigenvalue weighted by Crippen LogP contribution is -2.55. The van der Waals surface area contributed by atoms with E-state index in [-0.39, 0.29) is 48.5 Å². The molecule has 0 spiro atoms. The van der Waals surface area contributed by atoms with Crippen LogP contribution in [0.15, 0.2) is 41.3 Å². The highest BCUT2D eigenvalue weighted by molar-refractivity contribution is 7.91. The largest absolute Gasteiger partial charge is 0.459 e. The number of esters is 1. The van der Waals surface area contributed by atoms with Crippen LogP contribution < -0.4 is 15.4 Å². The smallest absolute Gasteiger partial charge is 0.324 e. The number of thiazole rings is 1. The molecule has 1 fully saturated rings. The molecule has 3 aromatic rings. The highest BCUT2D eigenvalue weighted by atomic mass is 35.5. The van der Waals surface area contributed by atoms with E-state index in [1.165, 1.54) is 28.4 Å². The van der Waals surface area contributed by atoms with Gasteiger partial charge < -0.3 is 9.64 Å². The van der Waals surface area contributed by atoms with E-state index in [0.717, 1.165) is 16.0 Å². The molecule has 3 N–H and O–H groups in total. The van der Waals surface area contributed by atoms with Crippen molar-refractivity contribution >= 4 is 65.4 Å². The van der Waals surface area contributed by atoms with Crippen LogP contribution in [0.2, 0.25) is 5.02 Å². The van der Waals surface area contributed by atoms with E-state index < -0.39 is 43.5 Å². The number of hydrogen-bond donors (Lipinski definition) is 3. The van der Waals surface area contributed by atoms with Gasteiger partial charge in [-0.05, 0) is 55.8 Å². The SMILES string of the molecule is CC(C)(C)OC(=O)C1Cc2nc(CNC(CNS(=O)(=O)c3ccc4cc(Cl)ccc4c3)C(=O)N3CCS(=O)(=O)CC3)sc2CN1. The van der Waals surface area contributed by atoms with Gasteiger partial charge >= 0.3 is 5.97 Å². The summed E-state index contributed by atoms with van der Waals surface area (Å²) < 4.78 is 58.6. The van der Waals surface area contributed by atoms with Crippen molar-refractivity contribution in [3.63, 3.8) is 0 Å². The summed E-state index contributed by atoms with van der Waals surface area (Å²) in [5, 5.41) is 9.02. The van der Waals surface area contributed by atoms with Gasteiger partial charge in [-0.3, -0.25) is 20.2 Å². The van der Waals surface area contributed by atoms with Gasteiger partial charge in [0.25, 0.3) is 0 Å². The lowest BCUT2D eigenvalue weighted by molar-refractivity contribution is -0.157. The lowest BCUT2D eigenvalue weighted by atomic mass is 10.1. The van der Waals surface area contributed by atoms with E-state index in [9.17, 15) is 26.4 Å². The van der Waals surface area contributed by atoms with E-state index in [4.69, 9.17) is 21.3 Å². The number of ether oxygens (including phenoxy) is 1. The minimum atomic E-state index is -4.01. The monoisotopic (exact) mass is 697 g/mol. The first-order chi connectivity index (χ1) is 21.1. The average molecular weight is 698 g/mol. The molecule has 2 aliphatic heterocycles. The molecule has 0 radical (unpaired) electrons. The standard InChI is InChI=1S/C29H36ClN5O7S3/c1-29(2,3)42-28(37)23-14-22-25(16-31-23)43-26(34-22)17-32-24(27(36)35-8-10-44(38,39)11-9-35)15-33-45(40,41)21-7-5-18-12-20(30)6-4-19(18)13-21/h4-7,12-13,23-24,31-33H,8-11,14-17H2,1-3H3. The van der Waals surface area contributed by atoms with Crippen molar-refractivity contribution in [2.75, 3.05) is 31.1 Å². The molecule has 0 bridgehead atoms. The number of fused-ring (bicyclic) bond motifs is 2. The molecule has 244 valence electrons. The van der Waals surface area contributed by atoms with Gasteiger partial charge in [0.15, 0.2) is 9.84 Å². The molecule has 16 heteroatoms. The fourth-order valence-electron chi connectivity index (χ4n) is 5.08. The number of carbonyl (C=O) groups excluding carboxylic acids is 2. The zero-order chi connectivity index (χ0) is 32.6. The fraction of sp³-hybridized carbons (Fsp3) is 0.483. The van der Waals surface area contributed by atoms with Gasteiger partial charge in [-0.15, -0.1) is 11.3 Å². The molecule has 2 aliphatic rings. The molecule has 0 saturated carbocycles. The number of carbonyl (C=O) groups is 2. The Labute approximate surface area is 271 Å². The summed E-state index contributed by atoms with van der Waals surface area (Å²) in [5.41, 5.74) is 0.161. The van der Waals surface area contributed by atoms with Gasteiger partial charge in [0.2, 0.25) is 15.9 Å². The van der Waals surface area contributed by atoms with E-state index >= 15 is 0 Å². The Hall–Kier alpha value is -2.66. The Morgan fingerprint density at radius 2 is 1.84 bits per heavy atom. The Morgan fingerprint density at radius 3 is 2.56 bits per heavy atom. The molecule has 0 aliphatic carbocycles. The van der Waals surface area contributed by atoms with Crippen LogP contribution in [0.4, 0.5) is 0 Å². The maximum atomic E-state index is 13.6. The number of nitrogens with zero attached hydrogens (tertiary/aromatic N) is 2. The van der Waals surface area contributed by atoms with Crippen molar-refractivity contribution in [2.24, 2.45) is 0 Å². The number of amides is 1. The van der Waals surface area contributed by atoms with E-state index in [1.54, 1.807) is 24.3 Å². The number of aromatic nitrogens is 1. The molecule has 5 rings (SSSR count). The van der Waals surface area contributed by atoms with E-state index in [0.29, 0.717) is 28.4 Å². The third-order valence-corrected chi connectivity index (χ3v) is 11.8. The number of sulfone groups is 1. The Morgan fingerprint density at radius 1 is 1.16 bits per heavy atom. The molecule has 2 atom stereocenters. The summed E-state index contributed by atoms with van der Waals surface area (Å²) in [6.45, 7) is 5.83. The van der Waals surface area contributed by atoms with Gasteiger partial charge in [-0.1, -0.05) is 23.7 Å². The number of nitrogens with one attached hydrogen (secondary N) is 3. The number of rotatable bonds is 9. The number of benzene rings is 2. The van der Waals surface area contributed by atoms with Crippen LogP contribution in [0.25, 0.3) is 10.8 Å². The zero-order valence-corrected chi connectivity index (χ0v) is 28.3. The van der Waals surface area contributed by atoms with Crippen molar-refractivity contribution < 1.29 is 31.2 Å². The average Bonchev–Trinajstić information content (AvgIpc) is 3.38. The summed E-state index contributed by atoms with van der Waals surface area (Å²) in [7, 11) is -7.23. The molecule has 1 aromatic heterocycles. The lowest BCUT2D eigenvalue weighted by Gasteiger charge is -2.30. The van der Waals surface area contributed by atoms with Crippen molar-refractivity contribution in [1.82, 2.24) is 25.2 Å². The molecular weight excluding hydrogens is 662 g/mol. The van der Waals surface area contributed by atoms with E-state index in [1.807, 2.05) is 20.8 Å². The first kappa shape index (κ1) is 33.7. The third-order valence-electron chi connectivity index (χ3n) is 7.44. The second kappa shape index (κ2) is 13.2. The highest BCUT2D eigenvalue weighted by Crippen LogP contribution is 2.25. The van der Waals surface area contributed by atoms with Crippen LogP contribution in [-0.4, -0.2) is 87.4 Å². The Bertz CT molecular complexity index is 1810. The fourth-order valence-corrected chi connectivity index (χ4v) is 8.54. The summed E-state index contributed by atoms with van der Waals surface area (Å²) in [6, 6.07) is 8.30. The Kier molecular flexibility index (Phi) is 9.90. The zero-order valence-electron chi connectivity index (χ0n) is 25.1. The van der Waals surface area contributed by atoms with Gasteiger partial charge in [-0.2, -0.15) is 0 Å². The van der Waals surface area contributed by atoms with Crippen LogP contribution in [0.5, 0.6) is 0 Å². The van der Waals surface area contributed by atoms with E-state index in [2.05, 4.69) is 15.4 Å². The van der Waals surface area contributed by atoms with Crippen molar-refractivity contribution in [2.45, 2.75) is 62.9 Å². The molecule has 1 saturated heterocycles. The van der Waals surface area contributed by atoms with Crippen LogP contribution in [0.3, 0.4) is 0 Å². The first-order valence-electron chi connectivity index (χ1n) is 14.4. The maximum Gasteiger partial charge on any atom is 0.324 e. The van der Waals surface area contributed by atoms with Crippen molar-refractivity contribution in [3.8, 4) is 0 Å². The van der Waals surface area contributed by atoms with Crippen LogP contribution in [0.1, 0.15) is 36.3 Å². The maximum absolute atomic E-state index is 13.6. The summed E-state index contributed by atoms with van der Waals surface area (Å²) in [5.74, 6) is -1.06. The predicted molar refractivity (Wildman–Crippen MR) is 172 cm³/mol. The summed E-state index contributed by atoms with van der Waals surface area (Å²) in [6.07, 6.45) is 0.364. The van der Waals surface area contributed by atoms with Crippen molar-refractivity contribution in [1.29, 1.82) is 0 Å². The van der Waals surface area contributed by atoms with Gasteiger partial charge in [0.1, 0.15) is 22.7 Å². The molecule has 45 heavy (non-hydrogen) atoms. The predicted octanol–water partition coefficient (Wildman–Crippen LogP) is 2.00. The molecule has 2 unspecified atom stereocenters. The topological polar surface area (TPSA) is 164 Å². The van der Waals surface area contributed by atoms with Crippen LogP contribution in [-0.2, 0) is 53.7 Å². The normalized spacial score (nSPS) is 19.2. The Balaban J connectivity index is 1.29. The van der Waals surface area contributed by atoms with Gasteiger partial charge in [0, 0.05) is 49.0 Å². The number of sulfonamides is 1. The molecule has 12 nitrogen and oxygen atoms in total.